The van der Waals surface area contributed by atoms with Crippen molar-refractivity contribution in [1.82, 2.24) is 4.98 Å². The van der Waals surface area contributed by atoms with Gasteiger partial charge in [0.1, 0.15) is 5.15 Å². The summed E-state index contributed by atoms with van der Waals surface area (Å²) in [6.45, 7) is 10.7. The van der Waals surface area contributed by atoms with Crippen LogP contribution in [-0.4, -0.2) is 27.8 Å². The predicted molar refractivity (Wildman–Crippen MR) is 115 cm³/mol. The monoisotopic (exact) mass is 413 g/mol. The molecular weight excluding hydrogens is 386 g/mol. The molecule has 1 N–H and O–H groups in total. The molecule has 1 saturated carbocycles. The molecule has 29 heavy (non-hydrogen) atoms. The molecule has 1 heterocycles. The number of carbonyl (C=O) groups excluding carboxylic acids is 2. The number of benzene rings is 1. The number of carbonyl (C=O) groups is 2. The van der Waals surface area contributed by atoms with E-state index in [0.717, 1.165) is 34.4 Å². The molecule has 0 radical (unpaired) electrons. The Hall–Kier alpha value is -2.04. The fourth-order valence-electron chi connectivity index (χ4n) is 4.52. The maximum absolute atomic E-state index is 13.4. The molecule has 0 amide bonds. The summed E-state index contributed by atoms with van der Waals surface area (Å²) in [5.74, 6) is -1.20. The molecule has 3 rings (SSSR count). The highest BCUT2D eigenvalue weighted by molar-refractivity contribution is 6.29. The van der Waals surface area contributed by atoms with Crippen LogP contribution in [-0.2, 0) is 16.0 Å². The van der Waals surface area contributed by atoms with Crippen molar-refractivity contribution in [3.63, 3.8) is 0 Å². The Morgan fingerprint density at radius 1 is 1.10 bits per heavy atom. The molecule has 1 aromatic heterocycles. The maximum atomic E-state index is 13.4. The Morgan fingerprint density at radius 2 is 1.76 bits per heavy atom. The van der Waals surface area contributed by atoms with Gasteiger partial charge < -0.3 is 5.11 Å². The predicted octanol–water partition coefficient (Wildman–Crippen LogP) is 4.92. The van der Waals surface area contributed by atoms with Crippen molar-refractivity contribution < 1.29 is 14.7 Å². The van der Waals surface area contributed by atoms with Crippen LogP contribution in [0.15, 0.2) is 30.3 Å². The Bertz CT molecular complexity index is 994. The van der Waals surface area contributed by atoms with Gasteiger partial charge in [0.15, 0.2) is 11.6 Å². The lowest BCUT2D eigenvalue weighted by atomic mass is 9.56. The quantitative estimate of drug-likeness (QED) is 0.572. The Kier molecular flexibility index (Phi) is 5.48. The van der Waals surface area contributed by atoms with Crippen molar-refractivity contribution >= 4 is 23.2 Å². The van der Waals surface area contributed by atoms with E-state index in [1.807, 2.05) is 38.1 Å². The molecule has 2 aromatic rings. The van der Waals surface area contributed by atoms with Gasteiger partial charge in [-0.2, -0.15) is 0 Å². The molecule has 0 spiro atoms. The van der Waals surface area contributed by atoms with Gasteiger partial charge in [-0.25, -0.2) is 4.98 Å². The van der Waals surface area contributed by atoms with Gasteiger partial charge in [-0.1, -0.05) is 44.5 Å². The number of nitrogens with zero attached hydrogens (tertiary/aromatic N) is 1. The number of hydrogen-bond acceptors (Lipinski definition) is 4. The van der Waals surface area contributed by atoms with Crippen LogP contribution in [0.1, 0.15) is 57.4 Å². The number of hydrogen-bond donors (Lipinski definition) is 1. The molecule has 1 aliphatic carbocycles. The van der Waals surface area contributed by atoms with Crippen LogP contribution in [0.3, 0.4) is 0 Å². The van der Waals surface area contributed by atoms with Crippen LogP contribution in [0.5, 0.6) is 0 Å². The fraction of sp³-hybridized carbons (Fsp3) is 0.458. The van der Waals surface area contributed by atoms with E-state index < -0.39 is 22.9 Å². The number of ketones is 2. The van der Waals surface area contributed by atoms with Gasteiger partial charge in [0.2, 0.25) is 0 Å². The van der Waals surface area contributed by atoms with E-state index in [4.69, 9.17) is 11.6 Å². The van der Waals surface area contributed by atoms with Crippen LogP contribution in [0.4, 0.5) is 0 Å². The van der Waals surface area contributed by atoms with Crippen LogP contribution < -0.4 is 0 Å². The molecule has 5 heteroatoms. The molecule has 0 bridgehead atoms. The highest BCUT2D eigenvalue weighted by Gasteiger charge is 2.58. The lowest BCUT2D eigenvalue weighted by Crippen LogP contribution is -2.58. The molecule has 154 valence electrons. The van der Waals surface area contributed by atoms with Crippen LogP contribution in [0.25, 0.3) is 11.1 Å². The Labute approximate surface area is 177 Å². The molecular formula is C24H28ClNO3. The highest BCUT2D eigenvalue weighted by Crippen LogP contribution is 2.48. The molecule has 1 aromatic carbocycles. The second-order valence-corrected chi connectivity index (χ2v) is 9.38. The van der Waals surface area contributed by atoms with Gasteiger partial charge in [-0.3, -0.25) is 9.59 Å². The number of aliphatic hydroxyl groups is 1. The number of aromatic nitrogens is 1. The van der Waals surface area contributed by atoms with E-state index in [9.17, 15) is 14.7 Å². The topological polar surface area (TPSA) is 67.3 Å². The summed E-state index contributed by atoms with van der Waals surface area (Å²) in [5.41, 5.74) is 2.24. The van der Waals surface area contributed by atoms with Gasteiger partial charge in [-0.05, 0) is 62.1 Å². The molecule has 0 saturated heterocycles. The van der Waals surface area contributed by atoms with Crippen molar-refractivity contribution in [2.24, 2.45) is 10.8 Å². The zero-order valence-corrected chi connectivity index (χ0v) is 18.6. The van der Waals surface area contributed by atoms with Crippen molar-refractivity contribution in [3.05, 3.63) is 52.3 Å². The highest BCUT2D eigenvalue weighted by atomic mass is 35.5. The standard InChI is InChI=1S/C24H28ClNO3/c1-7-14-8-9-15(16-10-11-18(25)26-13(16)2)12-17(14)19-20(27)23(3,4)22(29)24(5,6)21(19)28/h8-12,19-20,27H,7H2,1-6H3. The fourth-order valence-corrected chi connectivity index (χ4v) is 4.71. The van der Waals surface area contributed by atoms with Gasteiger partial charge in [-0.15, -0.1) is 0 Å². The molecule has 0 aliphatic heterocycles. The zero-order chi connectivity index (χ0) is 21.7. The second-order valence-electron chi connectivity index (χ2n) is 9.00. The summed E-state index contributed by atoms with van der Waals surface area (Å²) in [5, 5.41) is 11.6. The normalized spacial score (nSPS) is 23.3. The first-order valence-corrected chi connectivity index (χ1v) is 10.3. The van der Waals surface area contributed by atoms with E-state index >= 15 is 0 Å². The summed E-state index contributed by atoms with van der Waals surface area (Å²) in [6, 6.07) is 9.61. The minimum Gasteiger partial charge on any atom is -0.391 e. The minimum atomic E-state index is -1.15. The first kappa shape index (κ1) is 21.7. The van der Waals surface area contributed by atoms with Crippen molar-refractivity contribution in [2.75, 3.05) is 0 Å². The van der Waals surface area contributed by atoms with E-state index in [1.165, 1.54) is 0 Å². The van der Waals surface area contributed by atoms with Crippen LogP contribution in [0, 0.1) is 17.8 Å². The Morgan fingerprint density at radius 3 is 2.34 bits per heavy atom. The summed E-state index contributed by atoms with van der Waals surface area (Å²) < 4.78 is 0. The number of aliphatic hydroxyl groups excluding tert-OH is 1. The first-order valence-electron chi connectivity index (χ1n) is 9.96. The van der Waals surface area contributed by atoms with Gasteiger partial charge >= 0.3 is 0 Å². The summed E-state index contributed by atoms with van der Waals surface area (Å²) in [4.78, 5) is 30.6. The average Bonchev–Trinajstić information content (AvgIpc) is 2.66. The van der Waals surface area contributed by atoms with Gasteiger partial charge in [0.25, 0.3) is 0 Å². The summed E-state index contributed by atoms with van der Waals surface area (Å²) in [7, 11) is 0. The molecule has 1 aliphatic rings. The van der Waals surface area contributed by atoms with E-state index in [0.29, 0.717) is 5.15 Å². The van der Waals surface area contributed by atoms with Crippen molar-refractivity contribution in [3.8, 4) is 11.1 Å². The molecule has 1 fully saturated rings. The number of halogens is 1. The first-order chi connectivity index (χ1) is 13.4. The SMILES string of the molecule is CCc1ccc(-c2ccc(Cl)nc2C)cc1C1C(=O)C(C)(C)C(=O)C(C)(C)C1O. The lowest BCUT2D eigenvalue weighted by Gasteiger charge is -2.46. The van der Waals surface area contributed by atoms with E-state index in [2.05, 4.69) is 4.98 Å². The minimum absolute atomic E-state index is 0.217. The third-order valence-electron chi connectivity index (χ3n) is 6.33. The molecule has 2 atom stereocenters. The maximum Gasteiger partial charge on any atom is 0.155 e. The van der Waals surface area contributed by atoms with E-state index in [1.54, 1.807) is 33.8 Å². The summed E-state index contributed by atoms with van der Waals surface area (Å²) >= 11 is 6.00. The molecule has 4 nitrogen and oxygen atoms in total. The van der Waals surface area contributed by atoms with Gasteiger partial charge in [0.05, 0.1) is 22.9 Å². The van der Waals surface area contributed by atoms with Crippen LogP contribution >= 0.6 is 11.6 Å². The number of rotatable bonds is 3. The van der Waals surface area contributed by atoms with Crippen molar-refractivity contribution in [1.29, 1.82) is 0 Å². The zero-order valence-electron chi connectivity index (χ0n) is 17.8. The van der Waals surface area contributed by atoms with E-state index in [-0.39, 0.29) is 11.6 Å². The largest absolute Gasteiger partial charge is 0.391 e. The Balaban J connectivity index is 2.21. The second kappa shape index (κ2) is 7.33. The third kappa shape index (κ3) is 3.43. The molecule has 2 unspecified atom stereocenters. The van der Waals surface area contributed by atoms with Gasteiger partial charge in [0, 0.05) is 11.3 Å². The van der Waals surface area contributed by atoms with Crippen LogP contribution in [0.2, 0.25) is 5.15 Å². The number of Topliss-reactive ketones (excluding diaryl/α,β-unsaturated/α-hetero) is 2. The smallest absolute Gasteiger partial charge is 0.155 e. The third-order valence-corrected chi connectivity index (χ3v) is 6.54. The summed E-state index contributed by atoms with van der Waals surface area (Å²) in [6.07, 6.45) is -0.362. The number of aryl methyl sites for hydroxylation is 2. The van der Waals surface area contributed by atoms with Crippen molar-refractivity contribution in [2.45, 2.75) is 60.0 Å². The number of pyridine rings is 1. The average molecular weight is 414 g/mol. The lowest BCUT2D eigenvalue weighted by molar-refractivity contribution is -0.160.